The second kappa shape index (κ2) is 7.73. The molecule has 1 aliphatic carbocycles. The van der Waals surface area contributed by atoms with Crippen LogP contribution in [0.5, 0.6) is 0 Å². The van der Waals surface area contributed by atoms with Gasteiger partial charge in [0.25, 0.3) is 0 Å². The molecule has 0 radical (unpaired) electrons. The molecule has 0 saturated carbocycles. The summed E-state index contributed by atoms with van der Waals surface area (Å²) in [6.07, 6.45) is 19.8. The highest BCUT2D eigenvalue weighted by atomic mass is 16.1. The second-order valence-corrected chi connectivity index (χ2v) is 5.58. The summed E-state index contributed by atoms with van der Waals surface area (Å²) in [7, 11) is 0. The van der Waals surface area contributed by atoms with Crippen molar-refractivity contribution in [3.05, 3.63) is 59.8 Å². The van der Waals surface area contributed by atoms with E-state index in [-0.39, 0.29) is 0 Å². The number of carbonyl (C=O) groups excluding carboxylic acids is 1. The quantitative estimate of drug-likeness (QED) is 0.387. The van der Waals surface area contributed by atoms with E-state index >= 15 is 0 Å². The second-order valence-electron chi connectivity index (χ2n) is 5.58. The number of hydrogen-bond acceptors (Lipinski definition) is 1. The fraction of sp³-hybridized carbons (Fsp3) is 0.389. The molecule has 0 spiro atoms. The Labute approximate surface area is 117 Å². The zero-order valence-corrected chi connectivity index (χ0v) is 12.2. The molecule has 0 aromatic heterocycles. The zero-order valence-electron chi connectivity index (χ0n) is 12.2. The van der Waals surface area contributed by atoms with Gasteiger partial charge >= 0.3 is 0 Å². The Morgan fingerprint density at radius 3 is 2.11 bits per heavy atom. The number of carbonyl (C=O) groups is 1. The Kier molecular flexibility index (Phi) is 6.27. The lowest BCUT2D eigenvalue weighted by Gasteiger charge is -2.32. The van der Waals surface area contributed by atoms with Crippen LogP contribution in [0, 0.1) is 5.41 Å². The van der Waals surface area contributed by atoms with Gasteiger partial charge in [0.2, 0.25) is 0 Å². The largest absolute Gasteiger partial charge is 0.299 e. The van der Waals surface area contributed by atoms with Crippen molar-refractivity contribution in [1.82, 2.24) is 0 Å². The molecule has 0 atom stereocenters. The Balaban J connectivity index is 2.61. The zero-order chi connectivity index (χ0) is 14.1. The molecule has 0 heterocycles. The van der Waals surface area contributed by atoms with E-state index in [0.29, 0.717) is 5.41 Å². The van der Waals surface area contributed by atoms with Crippen LogP contribution in [0.2, 0.25) is 0 Å². The molecule has 0 saturated heterocycles. The summed E-state index contributed by atoms with van der Waals surface area (Å²) in [5.41, 5.74) is 3.30. The summed E-state index contributed by atoms with van der Waals surface area (Å²) in [4.78, 5) is 10.1. The van der Waals surface area contributed by atoms with Crippen molar-refractivity contribution in [2.75, 3.05) is 0 Å². The highest BCUT2D eigenvalue weighted by Gasteiger charge is 2.26. The van der Waals surface area contributed by atoms with Gasteiger partial charge in [-0.15, -0.1) is 0 Å². The lowest BCUT2D eigenvalue weighted by atomic mass is 9.73. The van der Waals surface area contributed by atoms with Crippen molar-refractivity contribution in [1.29, 1.82) is 0 Å². The monoisotopic (exact) mass is 256 g/mol. The van der Waals surface area contributed by atoms with E-state index < -0.39 is 0 Å². The van der Waals surface area contributed by atoms with E-state index in [2.05, 4.69) is 32.9 Å². The van der Waals surface area contributed by atoms with Crippen LogP contribution >= 0.6 is 0 Å². The maximum absolute atomic E-state index is 10.1. The maximum Gasteiger partial charge on any atom is 0.142 e. The topological polar surface area (TPSA) is 17.1 Å². The summed E-state index contributed by atoms with van der Waals surface area (Å²) in [6.45, 7) is 6.89. The number of rotatable bonds is 5. The van der Waals surface area contributed by atoms with Crippen LogP contribution in [0.25, 0.3) is 0 Å². The van der Waals surface area contributed by atoms with E-state index in [1.807, 2.05) is 24.3 Å². The first-order valence-corrected chi connectivity index (χ1v) is 6.90. The number of aldehydes is 1. The Bertz CT molecular complexity index is 442. The minimum atomic E-state index is 0.301. The van der Waals surface area contributed by atoms with Crippen molar-refractivity contribution in [2.45, 2.75) is 40.0 Å². The number of allylic oxidation sites excluding steroid dienone is 10. The Morgan fingerprint density at radius 2 is 1.53 bits per heavy atom. The molecule has 1 aliphatic rings. The molecule has 1 heteroatoms. The molecule has 0 aromatic rings. The normalized spacial score (nSPS) is 20.4. The SMILES string of the molecule is CC1=C(/C=C/C=C/C=C/C=C/C=O)C(C)(C)CCC1. The van der Waals surface area contributed by atoms with E-state index in [1.54, 1.807) is 6.08 Å². The average molecular weight is 256 g/mol. The summed E-state index contributed by atoms with van der Waals surface area (Å²) >= 11 is 0. The Hall–Kier alpha value is -1.63. The standard InChI is InChI=1S/C18H24O/c1-16-12-11-14-18(2,3)17(16)13-9-7-5-4-6-8-10-15-19/h4-10,13,15H,11-12,14H2,1-3H3/b6-4+,7-5+,10-8+,13-9+. The molecule has 0 aromatic carbocycles. The third kappa shape index (κ3) is 5.25. The summed E-state index contributed by atoms with van der Waals surface area (Å²) in [5.74, 6) is 0. The van der Waals surface area contributed by atoms with Crippen molar-refractivity contribution in [3.8, 4) is 0 Å². The van der Waals surface area contributed by atoms with Gasteiger partial charge in [-0.2, -0.15) is 0 Å². The molecule has 1 nitrogen and oxygen atoms in total. The van der Waals surface area contributed by atoms with Crippen LogP contribution < -0.4 is 0 Å². The fourth-order valence-electron chi connectivity index (χ4n) is 2.53. The third-order valence-electron chi connectivity index (χ3n) is 3.55. The predicted octanol–water partition coefficient (Wildman–Crippen LogP) is 4.94. The lowest BCUT2D eigenvalue weighted by molar-refractivity contribution is -0.104. The van der Waals surface area contributed by atoms with Gasteiger partial charge in [0.15, 0.2) is 0 Å². The molecular formula is C18H24O. The van der Waals surface area contributed by atoms with Crippen LogP contribution in [-0.2, 0) is 4.79 Å². The smallest absolute Gasteiger partial charge is 0.142 e. The molecule has 19 heavy (non-hydrogen) atoms. The highest BCUT2D eigenvalue weighted by Crippen LogP contribution is 2.40. The average Bonchev–Trinajstić information content (AvgIpc) is 2.35. The van der Waals surface area contributed by atoms with Gasteiger partial charge in [0.05, 0.1) is 0 Å². The molecule has 0 unspecified atom stereocenters. The van der Waals surface area contributed by atoms with Crippen molar-refractivity contribution < 1.29 is 4.79 Å². The van der Waals surface area contributed by atoms with Crippen LogP contribution in [0.1, 0.15) is 40.0 Å². The van der Waals surface area contributed by atoms with Crippen molar-refractivity contribution in [3.63, 3.8) is 0 Å². The van der Waals surface area contributed by atoms with Gasteiger partial charge in [-0.05, 0) is 43.3 Å². The van der Waals surface area contributed by atoms with Gasteiger partial charge in [-0.3, -0.25) is 4.79 Å². The van der Waals surface area contributed by atoms with E-state index in [9.17, 15) is 4.79 Å². The number of hydrogen-bond donors (Lipinski definition) is 0. The predicted molar refractivity (Wildman–Crippen MR) is 83.0 cm³/mol. The summed E-state index contributed by atoms with van der Waals surface area (Å²) < 4.78 is 0. The van der Waals surface area contributed by atoms with Crippen LogP contribution in [-0.4, -0.2) is 6.29 Å². The molecule has 0 aliphatic heterocycles. The minimum Gasteiger partial charge on any atom is -0.299 e. The molecule has 0 N–H and O–H groups in total. The third-order valence-corrected chi connectivity index (χ3v) is 3.55. The van der Waals surface area contributed by atoms with Crippen molar-refractivity contribution in [2.24, 2.45) is 5.41 Å². The first kappa shape index (κ1) is 15.4. The fourth-order valence-corrected chi connectivity index (χ4v) is 2.53. The van der Waals surface area contributed by atoms with Crippen LogP contribution in [0.15, 0.2) is 59.8 Å². The van der Waals surface area contributed by atoms with Gasteiger partial charge < -0.3 is 0 Å². The molecule has 0 bridgehead atoms. The van der Waals surface area contributed by atoms with E-state index in [1.165, 1.54) is 36.5 Å². The first-order valence-electron chi connectivity index (χ1n) is 6.90. The molecular weight excluding hydrogens is 232 g/mol. The summed E-state index contributed by atoms with van der Waals surface area (Å²) in [6, 6.07) is 0. The first-order chi connectivity index (χ1) is 9.08. The molecule has 0 fully saturated rings. The lowest BCUT2D eigenvalue weighted by Crippen LogP contribution is -2.18. The van der Waals surface area contributed by atoms with E-state index in [4.69, 9.17) is 0 Å². The van der Waals surface area contributed by atoms with Gasteiger partial charge in [0, 0.05) is 0 Å². The van der Waals surface area contributed by atoms with Crippen LogP contribution in [0.4, 0.5) is 0 Å². The molecule has 0 amide bonds. The van der Waals surface area contributed by atoms with Gasteiger partial charge in [-0.25, -0.2) is 0 Å². The molecule has 1 rings (SSSR count). The van der Waals surface area contributed by atoms with Crippen molar-refractivity contribution >= 4 is 6.29 Å². The summed E-state index contributed by atoms with van der Waals surface area (Å²) in [5, 5.41) is 0. The molecule has 102 valence electrons. The van der Waals surface area contributed by atoms with Gasteiger partial charge in [-0.1, -0.05) is 62.0 Å². The highest BCUT2D eigenvalue weighted by molar-refractivity contribution is 5.65. The minimum absolute atomic E-state index is 0.301. The maximum atomic E-state index is 10.1. The van der Waals surface area contributed by atoms with E-state index in [0.717, 1.165) is 6.29 Å². The Morgan fingerprint density at radius 1 is 0.947 bits per heavy atom. The van der Waals surface area contributed by atoms with Gasteiger partial charge in [0.1, 0.15) is 6.29 Å². The van der Waals surface area contributed by atoms with Crippen LogP contribution in [0.3, 0.4) is 0 Å².